The zero-order valence-electron chi connectivity index (χ0n) is 15.2. The minimum atomic E-state index is -0.478. The number of hydrogen-bond acceptors (Lipinski definition) is 5. The molecule has 0 saturated heterocycles. The van der Waals surface area contributed by atoms with Crippen LogP contribution < -0.4 is 5.32 Å². The summed E-state index contributed by atoms with van der Waals surface area (Å²) in [5.41, 5.74) is 0.555. The minimum Gasteiger partial charge on any atom is -0.445 e. The number of halogens is 1. The van der Waals surface area contributed by atoms with Crippen LogP contribution in [0.1, 0.15) is 37.7 Å². The third-order valence-corrected chi connectivity index (χ3v) is 5.88. The summed E-state index contributed by atoms with van der Waals surface area (Å²) < 4.78 is 5.24. The van der Waals surface area contributed by atoms with Gasteiger partial charge in [-0.2, -0.15) is 0 Å². The number of carbonyl (C=O) groups excluding carboxylic acids is 1. The number of nitro groups is 1. The highest BCUT2D eigenvalue weighted by Gasteiger charge is 2.18. The number of rotatable bonds is 6. The summed E-state index contributed by atoms with van der Waals surface area (Å²) in [7, 11) is 0. The fourth-order valence-corrected chi connectivity index (χ4v) is 4.14. The SMILES string of the molecule is O=C(NC1CCCCC1)OCc1ccc(Sc2ccc(Cl)cc2)c([N+](=O)[O-])c1. The summed E-state index contributed by atoms with van der Waals surface area (Å²) in [6, 6.07) is 12.1. The molecule has 1 N–H and O–H groups in total. The van der Waals surface area contributed by atoms with Crippen molar-refractivity contribution in [2.24, 2.45) is 0 Å². The van der Waals surface area contributed by atoms with Crippen LogP contribution in [0.25, 0.3) is 0 Å². The van der Waals surface area contributed by atoms with Crippen molar-refractivity contribution in [3.8, 4) is 0 Å². The standard InChI is InChI=1S/C20H21ClN2O4S/c21-15-7-9-17(10-8-15)28-19-11-6-14(12-18(19)23(25)26)13-27-20(24)22-16-4-2-1-3-5-16/h6-12,16H,1-5,13H2,(H,22,24). The van der Waals surface area contributed by atoms with Crippen LogP contribution >= 0.6 is 23.4 Å². The number of benzene rings is 2. The van der Waals surface area contributed by atoms with Gasteiger partial charge in [0.2, 0.25) is 0 Å². The maximum absolute atomic E-state index is 12.0. The maximum atomic E-state index is 12.0. The highest BCUT2D eigenvalue weighted by atomic mass is 35.5. The number of nitrogens with zero attached hydrogens (tertiary/aromatic N) is 1. The Kier molecular flexibility index (Phi) is 7.17. The third kappa shape index (κ3) is 5.87. The lowest BCUT2D eigenvalue weighted by atomic mass is 9.96. The van der Waals surface area contributed by atoms with E-state index in [2.05, 4.69) is 5.32 Å². The van der Waals surface area contributed by atoms with Crippen LogP contribution in [0, 0.1) is 10.1 Å². The zero-order chi connectivity index (χ0) is 19.9. The number of alkyl carbamates (subject to hydrolysis) is 1. The van der Waals surface area contributed by atoms with Crippen molar-refractivity contribution in [3.05, 3.63) is 63.2 Å². The Morgan fingerprint density at radius 3 is 2.57 bits per heavy atom. The van der Waals surface area contributed by atoms with E-state index in [1.165, 1.54) is 24.2 Å². The summed E-state index contributed by atoms with van der Waals surface area (Å²) in [6.45, 7) is -0.00865. The number of hydrogen-bond donors (Lipinski definition) is 1. The van der Waals surface area contributed by atoms with Crippen LogP contribution in [0.3, 0.4) is 0 Å². The Labute approximate surface area is 172 Å². The van der Waals surface area contributed by atoms with Crippen molar-refractivity contribution in [3.63, 3.8) is 0 Å². The van der Waals surface area contributed by atoms with E-state index < -0.39 is 11.0 Å². The molecule has 8 heteroatoms. The molecule has 2 aromatic rings. The third-order valence-electron chi connectivity index (χ3n) is 4.56. The molecule has 0 atom stereocenters. The van der Waals surface area contributed by atoms with Gasteiger partial charge in [0.15, 0.2) is 0 Å². The molecule has 1 fully saturated rings. The molecular weight excluding hydrogens is 400 g/mol. The predicted molar refractivity (Wildman–Crippen MR) is 109 cm³/mol. The van der Waals surface area contributed by atoms with E-state index in [9.17, 15) is 14.9 Å². The molecule has 0 spiro atoms. The lowest BCUT2D eigenvalue weighted by Gasteiger charge is -2.22. The molecule has 148 valence electrons. The molecule has 3 rings (SSSR count). The molecule has 1 saturated carbocycles. The first-order valence-electron chi connectivity index (χ1n) is 9.15. The lowest BCUT2D eigenvalue weighted by Crippen LogP contribution is -2.36. The van der Waals surface area contributed by atoms with Gasteiger partial charge in [0, 0.05) is 22.0 Å². The average Bonchev–Trinajstić information content (AvgIpc) is 2.69. The number of carbonyl (C=O) groups is 1. The van der Waals surface area contributed by atoms with Crippen molar-refractivity contribution >= 4 is 35.1 Å². The fraction of sp³-hybridized carbons (Fsp3) is 0.350. The highest BCUT2D eigenvalue weighted by molar-refractivity contribution is 7.99. The number of amides is 1. The first kappa shape index (κ1) is 20.5. The van der Waals surface area contributed by atoms with Gasteiger partial charge in [-0.25, -0.2) is 4.79 Å². The number of ether oxygens (including phenoxy) is 1. The monoisotopic (exact) mass is 420 g/mol. The van der Waals surface area contributed by atoms with Gasteiger partial charge in [-0.15, -0.1) is 0 Å². The van der Waals surface area contributed by atoms with Crippen LogP contribution in [-0.2, 0) is 11.3 Å². The second kappa shape index (κ2) is 9.80. The summed E-state index contributed by atoms with van der Waals surface area (Å²) >= 11 is 7.16. The first-order valence-corrected chi connectivity index (χ1v) is 10.3. The number of nitro benzene ring substituents is 1. The van der Waals surface area contributed by atoms with Crippen LogP contribution in [0.15, 0.2) is 52.3 Å². The van der Waals surface area contributed by atoms with Crippen molar-refractivity contribution < 1.29 is 14.5 Å². The molecule has 1 aliphatic carbocycles. The van der Waals surface area contributed by atoms with E-state index in [0.717, 1.165) is 30.6 Å². The largest absolute Gasteiger partial charge is 0.445 e. The normalized spacial score (nSPS) is 14.5. The van der Waals surface area contributed by atoms with Gasteiger partial charge in [-0.05, 0) is 48.7 Å². The topological polar surface area (TPSA) is 81.5 Å². The molecule has 6 nitrogen and oxygen atoms in total. The van der Waals surface area contributed by atoms with E-state index >= 15 is 0 Å². The molecule has 1 aliphatic rings. The van der Waals surface area contributed by atoms with Gasteiger partial charge in [-0.3, -0.25) is 10.1 Å². The zero-order valence-corrected chi connectivity index (χ0v) is 16.8. The van der Waals surface area contributed by atoms with Crippen molar-refractivity contribution in [1.29, 1.82) is 0 Å². The molecule has 0 aliphatic heterocycles. The summed E-state index contributed by atoms with van der Waals surface area (Å²) in [4.78, 5) is 24.4. The van der Waals surface area contributed by atoms with E-state index in [1.54, 1.807) is 24.3 Å². The lowest BCUT2D eigenvalue weighted by molar-refractivity contribution is -0.387. The highest BCUT2D eigenvalue weighted by Crippen LogP contribution is 2.35. The smallest absolute Gasteiger partial charge is 0.407 e. The second-order valence-electron chi connectivity index (χ2n) is 6.67. The molecule has 2 aromatic carbocycles. The Balaban J connectivity index is 1.62. The quantitative estimate of drug-likeness (QED) is 0.460. The molecule has 1 amide bonds. The molecule has 0 bridgehead atoms. The van der Waals surface area contributed by atoms with Gasteiger partial charge < -0.3 is 10.1 Å². The molecule has 0 heterocycles. The second-order valence-corrected chi connectivity index (χ2v) is 8.22. The molecule has 0 aromatic heterocycles. The Morgan fingerprint density at radius 2 is 1.89 bits per heavy atom. The fourth-order valence-electron chi connectivity index (χ4n) is 3.12. The summed E-state index contributed by atoms with van der Waals surface area (Å²) in [5.74, 6) is 0. The Bertz CT molecular complexity index is 839. The Morgan fingerprint density at radius 1 is 1.18 bits per heavy atom. The van der Waals surface area contributed by atoms with Crippen molar-refractivity contribution in [2.75, 3.05) is 0 Å². The predicted octanol–water partition coefficient (Wildman–Crippen LogP) is 5.96. The van der Waals surface area contributed by atoms with Gasteiger partial charge in [0.05, 0.1) is 9.82 Å². The van der Waals surface area contributed by atoms with Gasteiger partial charge in [0.25, 0.3) is 5.69 Å². The molecule has 0 radical (unpaired) electrons. The van der Waals surface area contributed by atoms with E-state index in [0.29, 0.717) is 15.5 Å². The van der Waals surface area contributed by atoms with Crippen molar-refractivity contribution in [2.45, 2.75) is 54.5 Å². The van der Waals surface area contributed by atoms with Crippen LogP contribution in [0.4, 0.5) is 10.5 Å². The maximum Gasteiger partial charge on any atom is 0.407 e. The van der Waals surface area contributed by atoms with Gasteiger partial charge in [0.1, 0.15) is 6.61 Å². The van der Waals surface area contributed by atoms with Crippen LogP contribution in [0.2, 0.25) is 5.02 Å². The van der Waals surface area contributed by atoms with Crippen LogP contribution in [0.5, 0.6) is 0 Å². The summed E-state index contributed by atoms with van der Waals surface area (Å²) in [6.07, 6.45) is 4.90. The molecular formula is C20H21ClN2O4S. The minimum absolute atomic E-state index is 0.00865. The van der Waals surface area contributed by atoms with Gasteiger partial charge >= 0.3 is 6.09 Å². The molecule has 0 unspecified atom stereocenters. The average molecular weight is 421 g/mol. The van der Waals surface area contributed by atoms with Crippen molar-refractivity contribution in [1.82, 2.24) is 5.32 Å². The van der Waals surface area contributed by atoms with E-state index in [4.69, 9.17) is 16.3 Å². The van der Waals surface area contributed by atoms with E-state index in [-0.39, 0.29) is 18.3 Å². The first-order chi connectivity index (χ1) is 13.5. The molecule has 28 heavy (non-hydrogen) atoms. The van der Waals surface area contributed by atoms with E-state index in [1.807, 2.05) is 12.1 Å². The summed E-state index contributed by atoms with van der Waals surface area (Å²) in [5, 5.41) is 14.9. The van der Waals surface area contributed by atoms with Crippen LogP contribution in [-0.4, -0.2) is 17.1 Å². The van der Waals surface area contributed by atoms with Gasteiger partial charge in [-0.1, -0.05) is 48.7 Å². The number of nitrogens with one attached hydrogen (secondary N) is 1. The Hall–Kier alpha value is -2.25.